The molecule has 0 aliphatic carbocycles. The summed E-state index contributed by atoms with van der Waals surface area (Å²) in [6.45, 7) is 1.04. The molecule has 1 aliphatic rings. The van der Waals surface area contributed by atoms with Crippen LogP contribution >= 0.6 is 0 Å². The van der Waals surface area contributed by atoms with Gasteiger partial charge in [0, 0.05) is 31.7 Å². The van der Waals surface area contributed by atoms with E-state index in [1.165, 1.54) is 0 Å². The number of nitrogens with zero attached hydrogens (tertiary/aromatic N) is 2. The number of anilines is 1. The largest absolute Gasteiger partial charge is 0.394 e. The number of nitrogen functional groups attached to an aromatic ring is 1. The molecule has 15 heavy (non-hydrogen) atoms. The fourth-order valence-electron chi connectivity index (χ4n) is 1.81. The number of allylic oxidation sites excluding steroid dienone is 1. The lowest BCUT2D eigenvalue weighted by Gasteiger charge is -2.23. The van der Waals surface area contributed by atoms with Crippen molar-refractivity contribution in [3.8, 4) is 0 Å². The van der Waals surface area contributed by atoms with E-state index < -0.39 is 0 Å². The smallest absolute Gasteiger partial charge is 0.277 e. The highest BCUT2D eigenvalue weighted by Gasteiger charge is 2.10. The third-order valence-corrected chi connectivity index (χ3v) is 2.60. The quantitative estimate of drug-likeness (QED) is 0.742. The summed E-state index contributed by atoms with van der Waals surface area (Å²) >= 11 is 0. The number of nitrogens with two attached hydrogens (primary N) is 1. The topological polar surface area (TPSA) is 51.3 Å². The molecule has 2 N–H and O–H groups in total. The maximum absolute atomic E-state index is 11.8. The maximum Gasteiger partial charge on any atom is 0.277 e. The Bertz CT molecular complexity index is 447. The maximum atomic E-state index is 11.8. The lowest BCUT2D eigenvalue weighted by Crippen LogP contribution is -2.26. The van der Waals surface area contributed by atoms with Gasteiger partial charge >= 0.3 is 0 Å². The highest BCUT2D eigenvalue weighted by molar-refractivity contribution is 5.49. The van der Waals surface area contributed by atoms with Gasteiger partial charge in [0.1, 0.15) is 0 Å². The summed E-state index contributed by atoms with van der Waals surface area (Å²) in [5.74, 6) is 0. The van der Waals surface area contributed by atoms with Gasteiger partial charge in [0.25, 0.3) is 5.56 Å². The van der Waals surface area contributed by atoms with E-state index in [0.717, 1.165) is 25.1 Å². The summed E-state index contributed by atoms with van der Waals surface area (Å²) in [5, 5.41) is 0. The SMILES string of the molecule is CN1C=C(n2cccc(N)c2=O)CCC1. The minimum Gasteiger partial charge on any atom is -0.394 e. The molecule has 2 rings (SSSR count). The average Bonchev–Trinajstić information content (AvgIpc) is 2.22. The van der Waals surface area contributed by atoms with Crippen molar-refractivity contribution < 1.29 is 0 Å². The van der Waals surface area contributed by atoms with Crippen molar-refractivity contribution in [1.82, 2.24) is 9.47 Å². The summed E-state index contributed by atoms with van der Waals surface area (Å²) in [7, 11) is 2.01. The van der Waals surface area contributed by atoms with Crippen molar-refractivity contribution in [2.24, 2.45) is 0 Å². The molecule has 2 heterocycles. The molecule has 1 aromatic heterocycles. The normalized spacial score (nSPS) is 16.3. The standard InChI is InChI=1S/C11H15N3O/c1-13-6-2-4-9(8-13)14-7-3-5-10(12)11(14)15/h3,5,7-8H,2,4,6,12H2,1H3. The Balaban J connectivity index is 2.46. The zero-order valence-corrected chi connectivity index (χ0v) is 8.81. The second kappa shape index (κ2) is 3.81. The Labute approximate surface area is 88.6 Å². The first-order valence-corrected chi connectivity index (χ1v) is 5.07. The molecule has 0 saturated heterocycles. The van der Waals surface area contributed by atoms with Crippen LogP contribution in [0, 0.1) is 0 Å². The fourth-order valence-corrected chi connectivity index (χ4v) is 1.81. The molecule has 1 aromatic rings. The first kappa shape index (κ1) is 9.83. The number of pyridine rings is 1. The van der Waals surface area contributed by atoms with E-state index in [9.17, 15) is 4.79 Å². The van der Waals surface area contributed by atoms with Gasteiger partial charge in [-0.1, -0.05) is 0 Å². The van der Waals surface area contributed by atoms with Crippen molar-refractivity contribution in [2.75, 3.05) is 19.3 Å². The van der Waals surface area contributed by atoms with E-state index in [0.29, 0.717) is 5.69 Å². The second-order valence-corrected chi connectivity index (χ2v) is 3.84. The third-order valence-electron chi connectivity index (χ3n) is 2.60. The number of rotatable bonds is 1. The van der Waals surface area contributed by atoms with Crippen LogP contribution in [0.5, 0.6) is 0 Å². The first-order chi connectivity index (χ1) is 7.18. The highest BCUT2D eigenvalue weighted by Crippen LogP contribution is 2.16. The summed E-state index contributed by atoms with van der Waals surface area (Å²) in [6, 6.07) is 3.43. The minimum atomic E-state index is -0.126. The Hall–Kier alpha value is -1.71. The molecule has 1 aliphatic heterocycles. The Kier molecular flexibility index (Phi) is 2.49. The summed E-state index contributed by atoms with van der Waals surface area (Å²) in [6.07, 6.45) is 5.77. The summed E-state index contributed by atoms with van der Waals surface area (Å²) in [4.78, 5) is 13.8. The van der Waals surface area contributed by atoms with Gasteiger partial charge in [-0.05, 0) is 25.0 Å². The molecular weight excluding hydrogens is 190 g/mol. The molecule has 0 amide bonds. The lowest BCUT2D eigenvalue weighted by atomic mass is 10.2. The van der Waals surface area contributed by atoms with Crippen LogP contribution in [0.3, 0.4) is 0 Å². The molecule has 80 valence electrons. The molecule has 0 unspecified atom stereocenters. The van der Waals surface area contributed by atoms with Crippen LogP contribution < -0.4 is 11.3 Å². The average molecular weight is 205 g/mol. The van der Waals surface area contributed by atoms with Crippen molar-refractivity contribution >= 4 is 11.4 Å². The zero-order chi connectivity index (χ0) is 10.8. The molecule has 4 heteroatoms. The summed E-state index contributed by atoms with van der Waals surface area (Å²) in [5.41, 5.74) is 6.77. The van der Waals surface area contributed by atoms with E-state index in [4.69, 9.17) is 5.73 Å². The number of hydrogen-bond acceptors (Lipinski definition) is 3. The molecule has 0 bridgehead atoms. The van der Waals surface area contributed by atoms with E-state index in [-0.39, 0.29) is 5.56 Å². The van der Waals surface area contributed by atoms with Gasteiger partial charge in [-0.25, -0.2) is 0 Å². The van der Waals surface area contributed by atoms with Gasteiger partial charge in [-0.3, -0.25) is 9.36 Å². The predicted molar refractivity (Wildman–Crippen MR) is 61.3 cm³/mol. The van der Waals surface area contributed by atoms with Crippen LogP contribution in [-0.2, 0) is 0 Å². The van der Waals surface area contributed by atoms with Crippen LogP contribution in [0.15, 0.2) is 29.3 Å². The zero-order valence-electron chi connectivity index (χ0n) is 8.81. The number of aromatic nitrogens is 1. The molecule has 0 radical (unpaired) electrons. The Morgan fingerprint density at radius 3 is 3.00 bits per heavy atom. The monoisotopic (exact) mass is 205 g/mol. The minimum absolute atomic E-state index is 0.126. The highest BCUT2D eigenvalue weighted by atomic mass is 16.1. The van der Waals surface area contributed by atoms with Crippen LogP contribution in [0.2, 0.25) is 0 Å². The molecule has 0 saturated carbocycles. The molecule has 4 nitrogen and oxygen atoms in total. The van der Waals surface area contributed by atoms with Crippen molar-refractivity contribution in [2.45, 2.75) is 12.8 Å². The van der Waals surface area contributed by atoms with E-state index in [2.05, 4.69) is 4.90 Å². The van der Waals surface area contributed by atoms with Crippen molar-refractivity contribution in [1.29, 1.82) is 0 Å². The van der Waals surface area contributed by atoms with Gasteiger partial charge in [0.15, 0.2) is 0 Å². The first-order valence-electron chi connectivity index (χ1n) is 5.07. The van der Waals surface area contributed by atoms with E-state index in [1.54, 1.807) is 22.9 Å². The predicted octanol–water partition coefficient (Wildman–Crippen LogP) is 0.955. The van der Waals surface area contributed by atoms with Crippen LogP contribution in [0.25, 0.3) is 5.70 Å². The van der Waals surface area contributed by atoms with Crippen molar-refractivity contribution in [3.05, 3.63) is 34.9 Å². The van der Waals surface area contributed by atoms with Gasteiger partial charge < -0.3 is 10.6 Å². The van der Waals surface area contributed by atoms with Gasteiger partial charge in [-0.15, -0.1) is 0 Å². The second-order valence-electron chi connectivity index (χ2n) is 3.84. The van der Waals surface area contributed by atoms with Crippen LogP contribution in [0.1, 0.15) is 12.8 Å². The van der Waals surface area contributed by atoms with Crippen LogP contribution in [0.4, 0.5) is 5.69 Å². The van der Waals surface area contributed by atoms with Crippen molar-refractivity contribution in [3.63, 3.8) is 0 Å². The molecule has 0 atom stereocenters. The fraction of sp³-hybridized carbons (Fsp3) is 0.364. The van der Waals surface area contributed by atoms with Crippen LogP contribution in [-0.4, -0.2) is 23.1 Å². The molecule has 0 aromatic carbocycles. The third kappa shape index (κ3) is 1.88. The molecular formula is C11H15N3O. The van der Waals surface area contributed by atoms with Gasteiger partial charge in [0.05, 0.1) is 5.69 Å². The molecule has 0 spiro atoms. The Morgan fingerprint density at radius 2 is 2.27 bits per heavy atom. The van der Waals surface area contributed by atoms with E-state index in [1.807, 2.05) is 13.2 Å². The Morgan fingerprint density at radius 1 is 1.47 bits per heavy atom. The lowest BCUT2D eigenvalue weighted by molar-refractivity contribution is 0.425. The van der Waals surface area contributed by atoms with E-state index >= 15 is 0 Å². The van der Waals surface area contributed by atoms with Gasteiger partial charge in [0.2, 0.25) is 0 Å². The van der Waals surface area contributed by atoms with Gasteiger partial charge in [-0.2, -0.15) is 0 Å². The number of hydrogen-bond donors (Lipinski definition) is 1. The molecule has 0 fully saturated rings. The summed E-state index contributed by atoms with van der Waals surface area (Å²) < 4.78 is 1.63.